The number of benzene rings is 1. The predicted molar refractivity (Wildman–Crippen MR) is 101 cm³/mol. The summed E-state index contributed by atoms with van der Waals surface area (Å²) in [4.78, 5) is 26.9. The molecule has 0 spiro atoms. The molecule has 25 heavy (non-hydrogen) atoms. The van der Waals surface area contributed by atoms with Crippen LogP contribution in [0.5, 0.6) is 5.75 Å². The number of hydrogen-bond donors (Lipinski definition) is 1. The number of likely N-dealkylation sites (tertiary alicyclic amines) is 1. The molecule has 1 amide bonds. The second kappa shape index (κ2) is 9.20. The fourth-order valence-corrected chi connectivity index (χ4v) is 3.32. The van der Waals surface area contributed by atoms with Crippen molar-refractivity contribution in [3.05, 3.63) is 29.8 Å². The zero-order valence-electron chi connectivity index (χ0n) is 15.3. The zero-order valence-corrected chi connectivity index (χ0v) is 16.1. The standard InChI is InChI=1S/C19H28N2O3.ClH/c1-4-11-19(2,20)18(23)21-12-9-15(10-13-21)17(22)14-5-7-16(24-3)8-6-14;/h5-8,15H,4,9-13,20H2,1-3H3;1H. The normalized spacial score (nSPS) is 17.4. The van der Waals surface area contributed by atoms with Crippen LogP contribution in [0.15, 0.2) is 24.3 Å². The summed E-state index contributed by atoms with van der Waals surface area (Å²) in [5.74, 6) is 0.858. The summed E-state index contributed by atoms with van der Waals surface area (Å²) in [5, 5.41) is 0. The molecule has 1 saturated heterocycles. The number of ether oxygens (including phenoxy) is 1. The monoisotopic (exact) mass is 368 g/mol. The molecule has 140 valence electrons. The largest absolute Gasteiger partial charge is 0.497 e. The molecular formula is C19H29ClN2O3. The average molecular weight is 369 g/mol. The van der Waals surface area contributed by atoms with Crippen LogP contribution in [0, 0.1) is 5.92 Å². The summed E-state index contributed by atoms with van der Waals surface area (Å²) < 4.78 is 5.12. The highest BCUT2D eigenvalue weighted by Gasteiger charge is 2.35. The highest BCUT2D eigenvalue weighted by molar-refractivity contribution is 5.98. The average Bonchev–Trinajstić information content (AvgIpc) is 2.60. The maximum atomic E-state index is 12.6. The van der Waals surface area contributed by atoms with Gasteiger partial charge in [-0.25, -0.2) is 0 Å². The smallest absolute Gasteiger partial charge is 0.242 e. The first kappa shape index (κ1) is 21.5. The van der Waals surface area contributed by atoms with Gasteiger partial charge in [-0.2, -0.15) is 0 Å². The number of amides is 1. The van der Waals surface area contributed by atoms with Crippen molar-refractivity contribution >= 4 is 24.1 Å². The van der Waals surface area contributed by atoms with Crippen LogP contribution in [0.2, 0.25) is 0 Å². The number of methoxy groups -OCH3 is 1. The summed E-state index contributed by atoms with van der Waals surface area (Å²) >= 11 is 0. The molecule has 5 nitrogen and oxygen atoms in total. The van der Waals surface area contributed by atoms with Crippen molar-refractivity contribution < 1.29 is 14.3 Å². The zero-order chi connectivity index (χ0) is 17.7. The number of nitrogens with zero attached hydrogens (tertiary/aromatic N) is 1. The van der Waals surface area contributed by atoms with Crippen LogP contribution in [-0.4, -0.2) is 42.3 Å². The third kappa shape index (κ3) is 5.19. The van der Waals surface area contributed by atoms with Crippen LogP contribution in [0.4, 0.5) is 0 Å². The first-order valence-corrected chi connectivity index (χ1v) is 8.65. The molecule has 0 bridgehead atoms. The quantitative estimate of drug-likeness (QED) is 0.783. The lowest BCUT2D eigenvalue weighted by atomic mass is 9.87. The van der Waals surface area contributed by atoms with Gasteiger partial charge in [0.15, 0.2) is 5.78 Å². The summed E-state index contributed by atoms with van der Waals surface area (Å²) in [7, 11) is 1.60. The number of carbonyl (C=O) groups is 2. The molecule has 1 aromatic rings. The van der Waals surface area contributed by atoms with E-state index in [1.54, 1.807) is 38.3 Å². The van der Waals surface area contributed by atoms with Crippen LogP contribution in [0.3, 0.4) is 0 Å². The molecule has 1 aromatic carbocycles. The summed E-state index contributed by atoms with van der Waals surface area (Å²) in [6.45, 7) is 5.02. The maximum Gasteiger partial charge on any atom is 0.242 e. The number of nitrogens with two attached hydrogens (primary N) is 1. The molecule has 2 rings (SSSR count). The van der Waals surface area contributed by atoms with Crippen LogP contribution < -0.4 is 10.5 Å². The van der Waals surface area contributed by atoms with Crippen molar-refractivity contribution in [1.82, 2.24) is 4.90 Å². The molecule has 1 fully saturated rings. The highest BCUT2D eigenvalue weighted by Crippen LogP contribution is 2.25. The number of piperidine rings is 1. The van der Waals surface area contributed by atoms with E-state index < -0.39 is 5.54 Å². The van der Waals surface area contributed by atoms with E-state index in [0.29, 0.717) is 37.9 Å². The minimum Gasteiger partial charge on any atom is -0.497 e. The van der Waals surface area contributed by atoms with Crippen molar-refractivity contribution in [2.24, 2.45) is 11.7 Å². The Morgan fingerprint density at radius 3 is 2.28 bits per heavy atom. The van der Waals surface area contributed by atoms with Gasteiger partial charge in [-0.05, 0) is 50.5 Å². The molecule has 1 unspecified atom stereocenters. The van der Waals surface area contributed by atoms with E-state index in [9.17, 15) is 9.59 Å². The molecule has 1 aliphatic rings. The first-order valence-electron chi connectivity index (χ1n) is 8.65. The number of Topliss-reactive ketones (excluding diaryl/α,β-unsaturated/α-hetero) is 1. The third-order valence-electron chi connectivity index (χ3n) is 4.79. The van der Waals surface area contributed by atoms with Gasteiger partial charge in [-0.1, -0.05) is 13.3 Å². The van der Waals surface area contributed by atoms with E-state index >= 15 is 0 Å². The maximum absolute atomic E-state index is 12.6. The fourth-order valence-electron chi connectivity index (χ4n) is 3.32. The minimum atomic E-state index is -0.804. The van der Waals surface area contributed by atoms with Crippen LogP contribution >= 0.6 is 12.4 Å². The van der Waals surface area contributed by atoms with Crippen molar-refractivity contribution in [3.63, 3.8) is 0 Å². The van der Waals surface area contributed by atoms with Gasteiger partial charge >= 0.3 is 0 Å². The molecule has 0 radical (unpaired) electrons. The summed E-state index contributed by atoms with van der Waals surface area (Å²) in [5.41, 5.74) is 6.04. The molecule has 0 aliphatic carbocycles. The van der Waals surface area contributed by atoms with Crippen molar-refractivity contribution in [2.45, 2.75) is 45.1 Å². The van der Waals surface area contributed by atoms with Crippen LogP contribution in [0.1, 0.15) is 49.9 Å². The predicted octanol–water partition coefficient (Wildman–Crippen LogP) is 3.06. The SMILES string of the molecule is CCCC(C)(N)C(=O)N1CCC(C(=O)c2ccc(OC)cc2)CC1.Cl. The Morgan fingerprint density at radius 1 is 1.24 bits per heavy atom. The number of hydrogen-bond acceptors (Lipinski definition) is 4. The van der Waals surface area contributed by atoms with E-state index in [-0.39, 0.29) is 30.0 Å². The summed E-state index contributed by atoms with van der Waals surface area (Å²) in [6, 6.07) is 7.21. The van der Waals surface area contributed by atoms with E-state index in [1.165, 1.54) is 0 Å². The van der Waals surface area contributed by atoms with Crippen LogP contribution in [0.25, 0.3) is 0 Å². The topological polar surface area (TPSA) is 72.6 Å². The Bertz CT molecular complexity index is 579. The molecule has 0 aromatic heterocycles. The number of carbonyl (C=O) groups excluding carboxylic acids is 2. The Hall–Kier alpha value is -1.59. The van der Waals surface area contributed by atoms with Gasteiger partial charge in [0, 0.05) is 24.6 Å². The lowest BCUT2D eigenvalue weighted by Gasteiger charge is -2.36. The summed E-state index contributed by atoms with van der Waals surface area (Å²) in [6.07, 6.45) is 2.94. The van der Waals surface area contributed by atoms with Gasteiger partial charge in [0.05, 0.1) is 12.6 Å². The number of halogens is 1. The Balaban J connectivity index is 0.00000312. The van der Waals surface area contributed by atoms with E-state index in [2.05, 4.69) is 0 Å². The molecule has 2 N–H and O–H groups in total. The van der Waals surface area contributed by atoms with Gasteiger partial charge in [0.1, 0.15) is 5.75 Å². The van der Waals surface area contributed by atoms with E-state index in [4.69, 9.17) is 10.5 Å². The van der Waals surface area contributed by atoms with Gasteiger partial charge in [-0.3, -0.25) is 9.59 Å². The number of ketones is 1. The second-order valence-electron chi connectivity index (χ2n) is 6.83. The fraction of sp³-hybridized carbons (Fsp3) is 0.579. The van der Waals surface area contributed by atoms with Gasteiger partial charge < -0.3 is 15.4 Å². The van der Waals surface area contributed by atoms with Crippen LogP contribution in [-0.2, 0) is 4.79 Å². The van der Waals surface area contributed by atoms with Crippen molar-refractivity contribution in [1.29, 1.82) is 0 Å². The molecule has 1 aliphatic heterocycles. The van der Waals surface area contributed by atoms with Gasteiger partial charge in [-0.15, -0.1) is 12.4 Å². The van der Waals surface area contributed by atoms with E-state index in [0.717, 1.165) is 12.2 Å². The Labute approximate surface area is 156 Å². The van der Waals surface area contributed by atoms with Crippen molar-refractivity contribution in [2.75, 3.05) is 20.2 Å². The van der Waals surface area contributed by atoms with E-state index in [1.807, 2.05) is 11.8 Å². The number of rotatable bonds is 6. The van der Waals surface area contributed by atoms with Gasteiger partial charge in [0.25, 0.3) is 0 Å². The molecule has 1 heterocycles. The molecule has 0 saturated carbocycles. The third-order valence-corrected chi connectivity index (χ3v) is 4.79. The second-order valence-corrected chi connectivity index (χ2v) is 6.83. The molecular weight excluding hydrogens is 340 g/mol. The minimum absolute atomic E-state index is 0. The highest BCUT2D eigenvalue weighted by atomic mass is 35.5. The molecule has 6 heteroatoms. The Kier molecular flexibility index (Phi) is 7.90. The Morgan fingerprint density at radius 2 is 1.80 bits per heavy atom. The lowest BCUT2D eigenvalue weighted by Crippen LogP contribution is -2.55. The first-order chi connectivity index (χ1) is 11.4. The lowest BCUT2D eigenvalue weighted by molar-refractivity contribution is -0.138. The van der Waals surface area contributed by atoms with Crippen molar-refractivity contribution in [3.8, 4) is 5.75 Å². The molecule has 1 atom stereocenters. The van der Waals surface area contributed by atoms with Gasteiger partial charge in [0.2, 0.25) is 5.91 Å².